The van der Waals surface area contributed by atoms with Crippen LogP contribution in [0.4, 0.5) is 0 Å². The smallest absolute Gasteiger partial charge is 0.335 e. The topological polar surface area (TPSA) is 109 Å². The van der Waals surface area contributed by atoms with Crippen LogP contribution in [0.1, 0.15) is 31.1 Å². The van der Waals surface area contributed by atoms with Crippen molar-refractivity contribution in [2.75, 3.05) is 5.75 Å². The van der Waals surface area contributed by atoms with Gasteiger partial charge in [0.2, 0.25) is 0 Å². The number of fused-ring (bicyclic) bond motifs is 1. The third kappa shape index (κ3) is 2.04. The molecule has 2 aliphatic heterocycles. The highest BCUT2D eigenvalue weighted by molar-refractivity contribution is 7.94. The zero-order valence-electron chi connectivity index (χ0n) is 10.5. The normalized spacial score (nSPS) is 22.7. The number of carbonyl (C=O) groups excluding carboxylic acids is 2. The van der Waals surface area contributed by atoms with Gasteiger partial charge in [0.05, 0.1) is 28.5 Å². The molecule has 1 N–H and O–H groups in total. The number of hydrogen-bond acceptors (Lipinski definition) is 5. The van der Waals surface area contributed by atoms with Gasteiger partial charge in [-0.25, -0.2) is 13.2 Å². The van der Waals surface area contributed by atoms with Crippen molar-refractivity contribution in [3.63, 3.8) is 0 Å². The van der Waals surface area contributed by atoms with Crippen LogP contribution in [-0.2, 0) is 9.84 Å². The van der Waals surface area contributed by atoms with Crippen molar-refractivity contribution in [2.45, 2.75) is 6.04 Å². The summed E-state index contributed by atoms with van der Waals surface area (Å²) in [4.78, 5) is 36.2. The summed E-state index contributed by atoms with van der Waals surface area (Å²) in [6.07, 6.45) is 1.29. The zero-order valence-corrected chi connectivity index (χ0v) is 11.3. The van der Waals surface area contributed by atoms with Gasteiger partial charge in [-0.05, 0) is 24.3 Å². The molecule has 1 aromatic rings. The van der Waals surface area contributed by atoms with Crippen LogP contribution in [-0.4, -0.2) is 48.0 Å². The molecule has 7 nitrogen and oxygen atoms in total. The van der Waals surface area contributed by atoms with E-state index in [1.54, 1.807) is 0 Å². The number of nitrogens with zero attached hydrogens (tertiary/aromatic N) is 1. The van der Waals surface area contributed by atoms with E-state index in [-0.39, 0.29) is 22.4 Å². The average Bonchev–Trinajstić information content (AvgIpc) is 2.88. The van der Waals surface area contributed by atoms with Gasteiger partial charge in [-0.3, -0.25) is 14.5 Å². The lowest BCUT2D eigenvalue weighted by molar-refractivity contribution is 0.0627. The predicted octanol–water partition coefficient (Wildman–Crippen LogP) is 0.292. The highest BCUT2D eigenvalue weighted by atomic mass is 32.2. The lowest BCUT2D eigenvalue weighted by Gasteiger charge is -2.19. The Morgan fingerprint density at radius 2 is 1.86 bits per heavy atom. The average molecular weight is 307 g/mol. The molecular weight excluding hydrogens is 298 g/mol. The molecule has 0 saturated carbocycles. The minimum atomic E-state index is -3.41. The number of benzene rings is 1. The van der Waals surface area contributed by atoms with Gasteiger partial charge in [0.1, 0.15) is 0 Å². The second kappa shape index (κ2) is 4.26. The summed E-state index contributed by atoms with van der Waals surface area (Å²) >= 11 is 0. The number of hydrogen-bond donors (Lipinski definition) is 1. The van der Waals surface area contributed by atoms with Crippen LogP contribution in [0.15, 0.2) is 29.7 Å². The molecule has 1 unspecified atom stereocenters. The maximum Gasteiger partial charge on any atom is 0.335 e. The van der Waals surface area contributed by atoms with Crippen molar-refractivity contribution in [1.82, 2.24) is 4.90 Å². The van der Waals surface area contributed by atoms with Gasteiger partial charge >= 0.3 is 5.97 Å². The van der Waals surface area contributed by atoms with Gasteiger partial charge in [0.25, 0.3) is 11.8 Å². The molecule has 2 amide bonds. The Kier molecular flexibility index (Phi) is 2.74. The Bertz CT molecular complexity index is 823. The first-order chi connectivity index (χ1) is 9.80. The summed E-state index contributed by atoms with van der Waals surface area (Å²) < 4.78 is 22.8. The molecule has 0 aromatic heterocycles. The molecule has 108 valence electrons. The number of carboxylic acid groups (broad SMARTS) is 1. The highest BCUT2D eigenvalue weighted by Crippen LogP contribution is 2.28. The summed E-state index contributed by atoms with van der Waals surface area (Å²) in [7, 11) is -3.41. The van der Waals surface area contributed by atoms with Crippen molar-refractivity contribution < 1.29 is 27.9 Å². The first-order valence-electron chi connectivity index (χ1n) is 5.96. The fourth-order valence-corrected chi connectivity index (χ4v) is 3.68. The Balaban J connectivity index is 2.02. The van der Waals surface area contributed by atoms with E-state index in [2.05, 4.69) is 0 Å². The molecule has 2 aliphatic rings. The van der Waals surface area contributed by atoms with E-state index in [0.29, 0.717) is 0 Å². The lowest BCUT2D eigenvalue weighted by atomic mass is 10.1. The van der Waals surface area contributed by atoms with E-state index in [1.807, 2.05) is 0 Å². The minimum absolute atomic E-state index is 0.0161. The van der Waals surface area contributed by atoms with Gasteiger partial charge in [-0.15, -0.1) is 0 Å². The van der Waals surface area contributed by atoms with Crippen molar-refractivity contribution in [3.8, 4) is 0 Å². The second-order valence-electron chi connectivity index (χ2n) is 4.77. The lowest BCUT2D eigenvalue weighted by Crippen LogP contribution is -2.40. The van der Waals surface area contributed by atoms with Crippen molar-refractivity contribution >= 4 is 27.6 Å². The first-order valence-corrected chi connectivity index (χ1v) is 7.68. The fourth-order valence-electron chi connectivity index (χ4n) is 2.41. The minimum Gasteiger partial charge on any atom is -0.478 e. The largest absolute Gasteiger partial charge is 0.478 e. The number of amides is 2. The van der Waals surface area contributed by atoms with E-state index in [4.69, 9.17) is 5.11 Å². The molecule has 1 atom stereocenters. The predicted molar refractivity (Wildman–Crippen MR) is 70.6 cm³/mol. The van der Waals surface area contributed by atoms with Crippen LogP contribution in [0, 0.1) is 0 Å². The summed E-state index contributed by atoms with van der Waals surface area (Å²) in [5.74, 6) is -2.84. The van der Waals surface area contributed by atoms with Crippen LogP contribution >= 0.6 is 0 Å². The number of rotatable bonds is 2. The summed E-state index contributed by atoms with van der Waals surface area (Å²) in [5.41, 5.74) is -0.0355. The molecule has 8 heteroatoms. The molecular formula is C13H9NO6S. The number of carboxylic acids is 1. The molecule has 1 aromatic carbocycles. The molecule has 0 bridgehead atoms. The van der Waals surface area contributed by atoms with Crippen molar-refractivity contribution in [2.24, 2.45) is 0 Å². The molecule has 2 heterocycles. The maximum absolute atomic E-state index is 12.3. The van der Waals surface area contributed by atoms with Crippen LogP contribution < -0.4 is 0 Å². The number of imide groups is 1. The zero-order chi connectivity index (χ0) is 15.4. The number of carbonyl (C=O) groups is 3. The fraction of sp³-hybridized carbons (Fsp3) is 0.154. The monoisotopic (exact) mass is 307 g/mol. The molecule has 0 spiro atoms. The first kappa shape index (κ1) is 13.5. The Labute approximate surface area is 119 Å². The SMILES string of the molecule is O=C(O)c1ccc2c(c1)C(=O)N(C1C=CS(=O)(=O)C1)C2=O. The van der Waals surface area contributed by atoms with E-state index < -0.39 is 33.7 Å². The standard InChI is InChI=1S/C13H9NO6S/c15-11-9-2-1-7(13(17)18)5-10(9)12(16)14(11)8-3-4-21(19,20)6-8/h1-5,8H,6H2,(H,17,18). The van der Waals surface area contributed by atoms with Gasteiger partial charge in [-0.1, -0.05) is 0 Å². The molecule has 0 radical (unpaired) electrons. The van der Waals surface area contributed by atoms with Crippen LogP contribution in [0.25, 0.3) is 0 Å². The van der Waals surface area contributed by atoms with E-state index in [0.717, 1.165) is 16.4 Å². The third-order valence-electron chi connectivity index (χ3n) is 3.41. The van der Waals surface area contributed by atoms with E-state index in [1.165, 1.54) is 18.2 Å². The van der Waals surface area contributed by atoms with E-state index >= 15 is 0 Å². The number of sulfone groups is 1. The molecule has 3 rings (SSSR count). The highest BCUT2D eigenvalue weighted by Gasteiger charge is 2.42. The van der Waals surface area contributed by atoms with Gasteiger partial charge in [-0.2, -0.15) is 0 Å². The molecule has 0 aliphatic carbocycles. The van der Waals surface area contributed by atoms with Crippen LogP contribution in [0.5, 0.6) is 0 Å². The quantitative estimate of drug-likeness (QED) is 0.787. The molecule has 0 fully saturated rings. The third-order valence-corrected chi connectivity index (χ3v) is 4.79. The van der Waals surface area contributed by atoms with Crippen molar-refractivity contribution in [1.29, 1.82) is 0 Å². The van der Waals surface area contributed by atoms with Crippen LogP contribution in [0.3, 0.4) is 0 Å². The van der Waals surface area contributed by atoms with Crippen molar-refractivity contribution in [3.05, 3.63) is 46.4 Å². The summed E-state index contributed by atoms with van der Waals surface area (Å²) in [6.45, 7) is 0. The molecule has 0 saturated heterocycles. The van der Waals surface area contributed by atoms with E-state index in [9.17, 15) is 22.8 Å². The Hall–Kier alpha value is -2.48. The Morgan fingerprint density at radius 1 is 1.19 bits per heavy atom. The van der Waals surface area contributed by atoms with Gasteiger partial charge in [0, 0.05) is 5.41 Å². The van der Waals surface area contributed by atoms with Crippen LogP contribution in [0.2, 0.25) is 0 Å². The van der Waals surface area contributed by atoms with Gasteiger partial charge in [0.15, 0.2) is 9.84 Å². The maximum atomic E-state index is 12.3. The summed E-state index contributed by atoms with van der Waals surface area (Å²) in [5, 5.41) is 9.89. The second-order valence-corrected chi connectivity index (χ2v) is 6.70. The number of aromatic carboxylic acids is 1. The summed E-state index contributed by atoms with van der Waals surface area (Å²) in [6, 6.07) is 2.78. The Morgan fingerprint density at radius 3 is 2.43 bits per heavy atom. The molecule has 21 heavy (non-hydrogen) atoms. The van der Waals surface area contributed by atoms with Gasteiger partial charge < -0.3 is 5.11 Å².